The van der Waals surface area contributed by atoms with E-state index in [1.165, 1.54) is 25.7 Å². The van der Waals surface area contributed by atoms with E-state index in [-0.39, 0.29) is 6.61 Å². The van der Waals surface area contributed by atoms with Gasteiger partial charge in [-0.3, -0.25) is 14.1 Å². The SMILES string of the molecule is CCCCCCCCC=CCOC(=O)C(CC(=O)O)S(=O)(=O)O. The van der Waals surface area contributed by atoms with Crippen molar-refractivity contribution < 1.29 is 32.4 Å². The minimum Gasteiger partial charge on any atom is -0.481 e. The Morgan fingerprint density at radius 3 is 2.26 bits per heavy atom. The standard InChI is InChI=1S/C15H26O7S/c1-2-3-4-5-6-7-8-9-10-11-22-15(18)13(12-14(16)17)23(19,20)21/h9-10,13H,2-8,11-12H2,1H3,(H,16,17)(H,19,20,21). The van der Waals surface area contributed by atoms with Crippen molar-refractivity contribution in [2.24, 2.45) is 0 Å². The summed E-state index contributed by atoms with van der Waals surface area (Å²) >= 11 is 0. The fourth-order valence-electron chi connectivity index (χ4n) is 1.92. The number of hydrogen-bond donors (Lipinski definition) is 2. The number of unbranched alkanes of at least 4 members (excludes halogenated alkanes) is 6. The van der Waals surface area contributed by atoms with Gasteiger partial charge in [-0.15, -0.1) is 0 Å². The maximum atomic E-state index is 11.5. The highest BCUT2D eigenvalue weighted by Crippen LogP contribution is 2.08. The maximum Gasteiger partial charge on any atom is 0.327 e. The molecule has 8 heteroatoms. The third-order valence-corrected chi connectivity index (χ3v) is 4.27. The Labute approximate surface area is 137 Å². The Morgan fingerprint density at radius 2 is 1.70 bits per heavy atom. The van der Waals surface area contributed by atoms with Crippen molar-refractivity contribution in [3.8, 4) is 0 Å². The van der Waals surface area contributed by atoms with E-state index in [0.717, 1.165) is 19.3 Å². The third kappa shape index (κ3) is 11.8. The van der Waals surface area contributed by atoms with Crippen LogP contribution >= 0.6 is 0 Å². The molecule has 0 bridgehead atoms. The van der Waals surface area contributed by atoms with Gasteiger partial charge in [0.15, 0.2) is 5.25 Å². The maximum absolute atomic E-state index is 11.5. The topological polar surface area (TPSA) is 118 Å². The fraction of sp³-hybridized carbons (Fsp3) is 0.733. The molecule has 0 fully saturated rings. The van der Waals surface area contributed by atoms with Crippen LogP contribution in [0, 0.1) is 0 Å². The second-order valence-electron chi connectivity index (χ2n) is 5.26. The number of carboxylic acids is 1. The molecule has 0 saturated heterocycles. The number of hydrogen-bond acceptors (Lipinski definition) is 5. The lowest BCUT2D eigenvalue weighted by Crippen LogP contribution is -2.33. The molecule has 0 aromatic heterocycles. The monoisotopic (exact) mass is 350 g/mol. The van der Waals surface area contributed by atoms with Crippen LogP contribution in [0.15, 0.2) is 12.2 Å². The molecule has 0 heterocycles. The number of aliphatic carboxylic acids is 1. The predicted octanol–water partition coefficient (Wildman–Crippen LogP) is 2.57. The first kappa shape index (κ1) is 21.6. The zero-order valence-corrected chi connectivity index (χ0v) is 14.3. The van der Waals surface area contributed by atoms with E-state index >= 15 is 0 Å². The molecule has 23 heavy (non-hydrogen) atoms. The lowest BCUT2D eigenvalue weighted by Gasteiger charge is -2.10. The lowest BCUT2D eigenvalue weighted by atomic mass is 10.1. The molecule has 0 saturated carbocycles. The van der Waals surface area contributed by atoms with Gasteiger partial charge in [-0.1, -0.05) is 51.2 Å². The zero-order valence-electron chi connectivity index (χ0n) is 13.4. The van der Waals surface area contributed by atoms with Gasteiger partial charge in [0.25, 0.3) is 10.1 Å². The van der Waals surface area contributed by atoms with Crippen molar-refractivity contribution in [1.29, 1.82) is 0 Å². The quantitative estimate of drug-likeness (QED) is 0.227. The van der Waals surface area contributed by atoms with Crippen molar-refractivity contribution in [1.82, 2.24) is 0 Å². The van der Waals surface area contributed by atoms with Crippen LogP contribution in [0.1, 0.15) is 58.3 Å². The number of carbonyl (C=O) groups is 2. The van der Waals surface area contributed by atoms with Crippen LogP contribution in [-0.4, -0.2) is 41.9 Å². The van der Waals surface area contributed by atoms with Crippen LogP contribution in [0.4, 0.5) is 0 Å². The first-order chi connectivity index (χ1) is 10.8. The molecule has 1 unspecified atom stereocenters. The summed E-state index contributed by atoms with van der Waals surface area (Å²) in [6, 6.07) is 0. The minimum atomic E-state index is -4.80. The summed E-state index contributed by atoms with van der Waals surface area (Å²) < 4.78 is 35.4. The fourth-order valence-corrected chi connectivity index (χ4v) is 2.58. The van der Waals surface area contributed by atoms with Gasteiger partial charge in [-0.25, -0.2) is 0 Å². The average Bonchev–Trinajstić information content (AvgIpc) is 2.45. The second-order valence-corrected chi connectivity index (χ2v) is 6.86. The molecule has 0 amide bonds. The highest BCUT2D eigenvalue weighted by atomic mass is 32.2. The summed E-state index contributed by atoms with van der Waals surface area (Å²) in [7, 11) is -4.80. The van der Waals surface area contributed by atoms with Gasteiger partial charge >= 0.3 is 11.9 Å². The molecule has 0 aliphatic heterocycles. The van der Waals surface area contributed by atoms with Gasteiger partial charge < -0.3 is 9.84 Å². The number of carboxylic acid groups (broad SMARTS) is 1. The van der Waals surface area contributed by atoms with Gasteiger partial charge in [-0.05, 0) is 12.8 Å². The van der Waals surface area contributed by atoms with Crippen LogP contribution in [0.3, 0.4) is 0 Å². The summed E-state index contributed by atoms with van der Waals surface area (Å²) in [5, 5.41) is 6.45. The van der Waals surface area contributed by atoms with Crippen molar-refractivity contribution in [2.45, 2.75) is 63.5 Å². The molecule has 0 rings (SSSR count). The third-order valence-electron chi connectivity index (χ3n) is 3.20. The molecule has 2 N–H and O–H groups in total. The molecule has 0 aliphatic rings. The molecule has 0 aromatic carbocycles. The van der Waals surface area contributed by atoms with Crippen molar-refractivity contribution in [2.75, 3.05) is 6.61 Å². The van der Waals surface area contributed by atoms with Gasteiger partial charge in [0, 0.05) is 0 Å². The molecular formula is C15H26O7S. The van der Waals surface area contributed by atoms with Crippen LogP contribution in [-0.2, 0) is 24.4 Å². The average molecular weight is 350 g/mol. The first-order valence-electron chi connectivity index (χ1n) is 7.78. The van der Waals surface area contributed by atoms with Crippen LogP contribution in [0.5, 0.6) is 0 Å². The Kier molecular flexibility index (Phi) is 11.3. The van der Waals surface area contributed by atoms with Gasteiger partial charge in [0.05, 0.1) is 6.42 Å². The highest BCUT2D eigenvalue weighted by Gasteiger charge is 2.34. The van der Waals surface area contributed by atoms with Crippen molar-refractivity contribution in [3.05, 3.63) is 12.2 Å². The second kappa shape index (κ2) is 12.1. The molecule has 134 valence electrons. The number of esters is 1. The Bertz CT molecular complexity index is 482. The Balaban J connectivity index is 3.99. The van der Waals surface area contributed by atoms with Gasteiger partial charge in [0.1, 0.15) is 6.61 Å². The zero-order chi connectivity index (χ0) is 17.7. The largest absolute Gasteiger partial charge is 0.481 e. The van der Waals surface area contributed by atoms with E-state index in [0.29, 0.717) is 0 Å². The molecule has 0 spiro atoms. The molecule has 7 nitrogen and oxygen atoms in total. The first-order valence-corrected chi connectivity index (χ1v) is 9.29. The number of rotatable bonds is 13. The van der Waals surface area contributed by atoms with Crippen LogP contribution < -0.4 is 0 Å². The van der Waals surface area contributed by atoms with E-state index in [1.807, 2.05) is 6.08 Å². The summed E-state index contributed by atoms with van der Waals surface area (Å²) in [5.41, 5.74) is 0. The molecular weight excluding hydrogens is 324 g/mol. The summed E-state index contributed by atoms with van der Waals surface area (Å²) in [4.78, 5) is 22.0. The summed E-state index contributed by atoms with van der Waals surface area (Å²) in [5.74, 6) is -2.78. The van der Waals surface area contributed by atoms with E-state index < -0.39 is 33.7 Å². The highest BCUT2D eigenvalue weighted by molar-refractivity contribution is 7.87. The normalized spacial score (nSPS) is 13.1. The Morgan fingerprint density at radius 1 is 1.09 bits per heavy atom. The summed E-state index contributed by atoms with van der Waals surface area (Å²) in [6.07, 6.45) is 10.3. The molecule has 0 radical (unpaired) electrons. The smallest absolute Gasteiger partial charge is 0.327 e. The van der Waals surface area contributed by atoms with Crippen LogP contribution in [0.25, 0.3) is 0 Å². The van der Waals surface area contributed by atoms with Crippen LogP contribution in [0.2, 0.25) is 0 Å². The lowest BCUT2D eigenvalue weighted by molar-refractivity contribution is -0.146. The van der Waals surface area contributed by atoms with Crippen molar-refractivity contribution in [3.63, 3.8) is 0 Å². The van der Waals surface area contributed by atoms with Crippen molar-refractivity contribution >= 4 is 22.1 Å². The molecule has 0 aromatic rings. The van der Waals surface area contributed by atoms with Gasteiger partial charge in [-0.2, -0.15) is 8.42 Å². The predicted molar refractivity (Wildman–Crippen MR) is 85.7 cm³/mol. The number of carbonyl (C=O) groups excluding carboxylic acids is 1. The number of allylic oxidation sites excluding steroid dienone is 1. The van der Waals surface area contributed by atoms with E-state index in [1.54, 1.807) is 6.08 Å². The number of ether oxygens (including phenoxy) is 1. The van der Waals surface area contributed by atoms with E-state index in [2.05, 4.69) is 11.7 Å². The van der Waals surface area contributed by atoms with E-state index in [9.17, 15) is 18.0 Å². The minimum absolute atomic E-state index is 0.152. The van der Waals surface area contributed by atoms with Gasteiger partial charge in [0.2, 0.25) is 0 Å². The molecule has 1 atom stereocenters. The summed E-state index contributed by atoms with van der Waals surface area (Å²) in [6.45, 7) is 2.01. The Hall–Kier alpha value is -1.41. The van der Waals surface area contributed by atoms with E-state index in [4.69, 9.17) is 9.66 Å². The molecule has 0 aliphatic carbocycles.